The Morgan fingerprint density at radius 1 is 1.38 bits per heavy atom. The van der Waals surface area contributed by atoms with E-state index >= 15 is 0 Å². The lowest BCUT2D eigenvalue weighted by atomic mass is 10.2. The fourth-order valence-electron chi connectivity index (χ4n) is 1.23. The number of ether oxygens (including phenoxy) is 1. The van der Waals surface area contributed by atoms with Gasteiger partial charge >= 0.3 is 0 Å². The second-order valence-corrected chi connectivity index (χ2v) is 4.95. The maximum atomic E-state index is 13.2. The van der Waals surface area contributed by atoms with Crippen molar-refractivity contribution < 1.29 is 9.13 Å². The van der Waals surface area contributed by atoms with E-state index in [2.05, 4.69) is 5.32 Å². The van der Waals surface area contributed by atoms with Crippen molar-refractivity contribution in [2.75, 3.05) is 13.4 Å². The Morgan fingerprint density at radius 2 is 2.06 bits per heavy atom. The summed E-state index contributed by atoms with van der Waals surface area (Å²) in [7, 11) is 1.64. The summed E-state index contributed by atoms with van der Waals surface area (Å²) in [6.45, 7) is 4.45. The predicted molar refractivity (Wildman–Crippen MR) is 66.1 cm³/mol. The summed E-state index contributed by atoms with van der Waals surface area (Å²) in [4.78, 5) is 0.937. The summed E-state index contributed by atoms with van der Waals surface area (Å²) >= 11 is 1.54. The number of nitrogens with one attached hydrogen (secondary N) is 1. The van der Waals surface area contributed by atoms with Gasteiger partial charge in [-0.05, 0) is 43.9 Å². The van der Waals surface area contributed by atoms with E-state index in [1.165, 1.54) is 17.8 Å². The number of methoxy groups -OCH3 is 1. The molecule has 1 N–H and O–H groups in total. The summed E-state index contributed by atoms with van der Waals surface area (Å²) in [6.07, 6.45) is 1.94. The van der Waals surface area contributed by atoms with Crippen LogP contribution in [0.3, 0.4) is 0 Å². The Morgan fingerprint density at radius 3 is 2.62 bits per heavy atom. The number of hydrogen-bond acceptors (Lipinski definition) is 3. The second-order valence-electron chi connectivity index (χ2n) is 4.07. The van der Waals surface area contributed by atoms with Gasteiger partial charge in [0.15, 0.2) is 0 Å². The maximum Gasteiger partial charge on any atom is 0.124 e. The van der Waals surface area contributed by atoms with Gasteiger partial charge in [0.25, 0.3) is 0 Å². The summed E-state index contributed by atoms with van der Waals surface area (Å²) in [5.41, 5.74) is 0.528. The standard InChI is InChI=1S/C12H18FNOS/c1-12(2,15-3)14-8-9-5-10(13)7-11(6-9)16-4/h5-7,14H,8H2,1-4H3. The molecule has 0 heterocycles. The number of thioether (sulfide) groups is 1. The third kappa shape index (κ3) is 4.12. The Bertz CT molecular complexity index is 355. The average Bonchev–Trinajstić information content (AvgIpc) is 2.26. The fourth-order valence-corrected chi connectivity index (χ4v) is 1.73. The van der Waals surface area contributed by atoms with E-state index in [1.807, 2.05) is 26.2 Å². The highest BCUT2D eigenvalue weighted by atomic mass is 32.2. The largest absolute Gasteiger partial charge is 0.364 e. The van der Waals surface area contributed by atoms with Gasteiger partial charge in [-0.1, -0.05) is 0 Å². The summed E-state index contributed by atoms with van der Waals surface area (Å²) < 4.78 is 18.5. The Balaban J connectivity index is 2.70. The van der Waals surface area contributed by atoms with E-state index < -0.39 is 5.72 Å². The van der Waals surface area contributed by atoms with Crippen molar-refractivity contribution in [2.45, 2.75) is 31.0 Å². The van der Waals surface area contributed by atoms with E-state index in [4.69, 9.17) is 4.74 Å². The van der Waals surface area contributed by atoms with Crippen LogP contribution in [0.4, 0.5) is 4.39 Å². The highest BCUT2D eigenvalue weighted by Gasteiger charge is 2.14. The molecule has 0 atom stereocenters. The van der Waals surface area contributed by atoms with Crippen LogP contribution >= 0.6 is 11.8 Å². The molecule has 0 aromatic heterocycles. The van der Waals surface area contributed by atoms with Gasteiger partial charge in [-0.25, -0.2) is 4.39 Å². The molecule has 4 heteroatoms. The first-order chi connectivity index (χ1) is 7.46. The van der Waals surface area contributed by atoms with Gasteiger partial charge in [0.05, 0.1) is 0 Å². The molecule has 2 nitrogen and oxygen atoms in total. The smallest absolute Gasteiger partial charge is 0.124 e. The van der Waals surface area contributed by atoms with E-state index in [0.717, 1.165) is 10.5 Å². The summed E-state index contributed by atoms with van der Waals surface area (Å²) in [5.74, 6) is -0.195. The molecule has 0 radical (unpaired) electrons. The molecule has 0 spiro atoms. The van der Waals surface area contributed by atoms with Crippen molar-refractivity contribution in [3.63, 3.8) is 0 Å². The minimum Gasteiger partial charge on any atom is -0.364 e. The molecule has 1 aromatic rings. The third-order valence-electron chi connectivity index (χ3n) is 2.40. The van der Waals surface area contributed by atoms with Crippen molar-refractivity contribution in [3.05, 3.63) is 29.6 Å². The van der Waals surface area contributed by atoms with Gasteiger partial charge < -0.3 is 4.74 Å². The lowest BCUT2D eigenvalue weighted by molar-refractivity contribution is -0.00870. The van der Waals surface area contributed by atoms with Crippen molar-refractivity contribution in [1.29, 1.82) is 0 Å². The van der Waals surface area contributed by atoms with E-state index in [-0.39, 0.29) is 5.82 Å². The Hall–Kier alpha value is -0.580. The molecule has 16 heavy (non-hydrogen) atoms. The van der Waals surface area contributed by atoms with Crippen molar-refractivity contribution in [3.8, 4) is 0 Å². The monoisotopic (exact) mass is 243 g/mol. The van der Waals surface area contributed by atoms with Gasteiger partial charge in [0.1, 0.15) is 11.5 Å². The molecular formula is C12H18FNOS. The van der Waals surface area contributed by atoms with Crippen molar-refractivity contribution in [1.82, 2.24) is 5.32 Å². The molecule has 0 saturated carbocycles. The molecule has 0 fully saturated rings. The van der Waals surface area contributed by atoms with E-state index in [1.54, 1.807) is 13.2 Å². The normalized spacial score (nSPS) is 11.8. The molecule has 0 bridgehead atoms. The van der Waals surface area contributed by atoms with Crippen LogP contribution in [0.2, 0.25) is 0 Å². The third-order valence-corrected chi connectivity index (χ3v) is 3.10. The number of benzene rings is 1. The minimum absolute atomic E-state index is 0.195. The van der Waals surface area contributed by atoms with Crippen LogP contribution in [0.5, 0.6) is 0 Å². The Labute approximate surface area is 101 Å². The molecular weight excluding hydrogens is 225 g/mol. The SMILES string of the molecule is COC(C)(C)NCc1cc(F)cc(SC)c1. The first-order valence-electron chi connectivity index (χ1n) is 5.10. The zero-order chi connectivity index (χ0) is 12.2. The maximum absolute atomic E-state index is 13.2. The van der Waals surface area contributed by atoms with Crippen molar-refractivity contribution in [2.24, 2.45) is 0 Å². The van der Waals surface area contributed by atoms with Crippen molar-refractivity contribution >= 4 is 11.8 Å². The van der Waals surface area contributed by atoms with E-state index in [9.17, 15) is 4.39 Å². The first kappa shape index (κ1) is 13.5. The first-order valence-corrected chi connectivity index (χ1v) is 6.33. The lowest BCUT2D eigenvalue weighted by Crippen LogP contribution is -2.40. The van der Waals surface area contributed by atoms with Crippen LogP contribution in [-0.2, 0) is 11.3 Å². The van der Waals surface area contributed by atoms with Gasteiger partial charge in [0.2, 0.25) is 0 Å². The molecule has 0 amide bonds. The molecule has 0 aliphatic rings. The van der Waals surface area contributed by atoms with Crippen LogP contribution in [0.25, 0.3) is 0 Å². The number of halogens is 1. The molecule has 0 unspecified atom stereocenters. The minimum atomic E-state index is -0.397. The number of rotatable bonds is 5. The van der Waals surface area contributed by atoms with Crippen LogP contribution in [0.15, 0.2) is 23.1 Å². The van der Waals surface area contributed by atoms with Crippen LogP contribution < -0.4 is 5.32 Å². The van der Waals surface area contributed by atoms with E-state index in [0.29, 0.717) is 6.54 Å². The van der Waals surface area contributed by atoms with Crippen LogP contribution in [0, 0.1) is 5.82 Å². The lowest BCUT2D eigenvalue weighted by Gasteiger charge is -2.24. The zero-order valence-electron chi connectivity index (χ0n) is 10.1. The van der Waals surface area contributed by atoms with Gasteiger partial charge in [-0.2, -0.15) is 0 Å². The number of hydrogen-bond donors (Lipinski definition) is 1. The van der Waals surface area contributed by atoms with Gasteiger partial charge in [0, 0.05) is 18.6 Å². The molecule has 1 rings (SSSR count). The van der Waals surface area contributed by atoms with Crippen LogP contribution in [0.1, 0.15) is 19.4 Å². The molecule has 0 saturated heterocycles. The Kier molecular flexibility index (Phi) is 4.77. The molecule has 90 valence electrons. The molecule has 1 aromatic carbocycles. The summed E-state index contributed by atoms with van der Waals surface area (Å²) in [6, 6.07) is 5.06. The predicted octanol–water partition coefficient (Wildman–Crippen LogP) is 3.02. The van der Waals surface area contributed by atoms with Gasteiger partial charge in [-0.3, -0.25) is 5.32 Å². The average molecular weight is 243 g/mol. The highest BCUT2D eigenvalue weighted by molar-refractivity contribution is 7.98. The summed E-state index contributed by atoms with van der Waals surface area (Å²) in [5, 5.41) is 3.21. The quantitative estimate of drug-likeness (QED) is 0.634. The topological polar surface area (TPSA) is 21.3 Å². The molecule has 0 aliphatic heterocycles. The van der Waals surface area contributed by atoms with Crippen LogP contribution in [-0.4, -0.2) is 19.1 Å². The molecule has 0 aliphatic carbocycles. The second kappa shape index (κ2) is 5.66. The zero-order valence-corrected chi connectivity index (χ0v) is 11.0. The fraction of sp³-hybridized carbons (Fsp3) is 0.500. The highest BCUT2D eigenvalue weighted by Crippen LogP contribution is 2.18. The van der Waals surface area contributed by atoms with Gasteiger partial charge in [-0.15, -0.1) is 11.8 Å².